The van der Waals surface area contributed by atoms with Gasteiger partial charge in [0.05, 0.1) is 0 Å². The van der Waals surface area contributed by atoms with Gasteiger partial charge < -0.3 is 14.7 Å². The summed E-state index contributed by atoms with van der Waals surface area (Å²) in [5.74, 6) is 0.884. The number of carbonyl (C=O) groups excluding carboxylic acids is 1. The van der Waals surface area contributed by atoms with Crippen LogP contribution in [0.25, 0.3) is 0 Å². The number of anilines is 2. The third-order valence-electron chi connectivity index (χ3n) is 5.95. The molecule has 2 aliphatic rings. The number of rotatable bonds is 4. The van der Waals surface area contributed by atoms with Crippen LogP contribution in [0.1, 0.15) is 43.1 Å². The number of benzene rings is 1. The topological polar surface area (TPSA) is 52.6 Å². The minimum Gasteiger partial charge on any atom is -0.368 e. The van der Waals surface area contributed by atoms with Gasteiger partial charge in [0.1, 0.15) is 0 Å². The average molecular weight is 380 g/mol. The van der Waals surface area contributed by atoms with Gasteiger partial charge in [0.2, 0.25) is 0 Å². The lowest BCUT2D eigenvalue weighted by atomic mass is 9.99. The van der Waals surface area contributed by atoms with E-state index in [1.54, 1.807) is 0 Å². The van der Waals surface area contributed by atoms with Gasteiger partial charge in [0.25, 0.3) is 5.91 Å². The van der Waals surface area contributed by atoms with Crippen molar-refractivity contribution in [3.05, 3.63) is 48.2 Å². The lowest BCUT2D eigenvalue weighted by Crippen LogP contribution is -2.47. The van der Waals surface area contributed by atoms with Crippen LogP contribution in [-0.4, -0.2) is 59.8 Å². The van der Waals surface area contributed by atoms with Crippen molar-refractivity contribution in [3.63, 3.8) is 0 Å². The van der Waals surface area contributed by atoms with E-state index >= 15 is 0 Å². The number of hydrogen-bond acceptors (Lipinski definition) is 5. The van der Waals surface area contributed by atoms with Gasteiger partial charge in [-0.05, 0) is 49.9 Å². The first kappa shape index (κ1) is 18.7. The van der Waals surface area contributed by atoms with Gasteiger partial charge >= 0.3 is 0 Å². The van der Waals surface area contributed by atoms with Crippen molar-refractivity contribution < 1.29 is 4.79 Å². The molecule has 0 radical (unpaired) electrons. The largest absolute Gasteiger partial charge is 0.368 e. The Morgan fingerprint density at radius 2 is 1.68 bits per heavy atom. The van der Waals surface area contributed by atoms with Crippen LogP contribution in [0.4, 0.5) is 11.5 Å². The average Bonchev–Trinajstić information content (AvgIpc) is 2.79. The molecule has 2 saturated heterocycles. The number of para-hydroxylation sites is 1. The Morgan fingerprint density at radius 3 is 2.36 bits per heavy atom. The van der Waals surface area contributed by atoms with Crippen molar-refractivity contribution in [2.24, 2.45) is 0 Å². The second kappa shape index (κ2) is 8.59. The van der Waals surface area contributed by atoms with Crippen LogP contribution in [0.2, 0.25) is 0 Å². The highest BCUT2D eigenvalue weighted by Gasteiger charge is 2.27. The van der Waals surface area contributed by atoms with E-state index in [1.807, 2.05) is 23.1 Å². The Kier molecular flexibility index (Phi) is 5.74. The molecule has 0 spiro atoms. The highest BCUT2D eigenvalue weighted by atomic mass is 16.2. The van der Waals surface area contributed by atoms with E-state index in [4.69, 9.17) is 0 Å². The summed E-state index contributed by atoms with van der Waals surface area (Å²) in [6.07, 6.45) is 4.39. The molecule has 1 atom stereocenters. The monoisotopic (exact) mass is 379 g/mol. The summed E-state index contributed by atoms with van der Waals surface area (Å²) in [4.78, 5) is 19.5. The first-order valence-corrected chi connectivity index (χ1v) is 10.5. The highest BCUT2D eigenvalue weighted by molar-refractivity contribution is 5.92. The summed E-state index contributed by atoms with van der Waals surface area (Å²) in [7, 11) is 0. The maximum absolute atomic E-state index is 12.9. The van der Waals surface area contributed by atoms with Crippen molar-refractivity contribution in [1.82, 2.24) is 15.1 Å². The summed E-state index contributed by atoms with van der Waals surface area (Å²) in [6, 6.07) is 14.6. The lowest BCUT2D eigenvalue weighted by Gasteiger charge is -2.36. The molecule has 148 valence electrons. The molecule has 6 nitrogen and oxygen atoms in total. The van der Waals surface area contributed by atoms with Crippen LogP contribution in [0.15, 0.2) is 42.5 Å². The van der Waals surface area contributed by atoms with E-state index < -0.39 is 0 Å². The first-order chi connectivity index (χ1) is 13.8. The second-order valence-electron chi connectivity index (χ2n) is 7.64. The Balaban J connectivity index is 1.38. The number of aromatic nitrogens is 2. The summed E-state index contributed by atoms with van der Waals surface area (Å²) in [6.45, 7) is 6.71. The third kappa shape index (κ3) is 3.96. The molecule has 2 aromatic rings. The lowest BCUT2D eigenvalue weighted by molar-refractivity contribution is 0.0600. The molecule has 1 aromatic heterocycles. The molecular formula is C22H29N5O. The van der Waals surface area contributed by atoms with Crippen molar-refractivity contribution in [1.29, 1.82) is 0 Å². The fourth-order valence-corrected chi connectivity index (χ4v) is 4.28. The number of nitrogens with zero attached hydrogens (tertiary/aromatic N) is 5. The Bertz CT molecular complexity index is 771. The van der Waals surface area contributed by atoms with Crippen molar-refractivity contribution in [3.8, 4) is 0 Å². The van der Waals surface area contributed by atoms with Crippen molar-refractivity contribution in [2.75, 3.05) is 42.5 Å². The van der Waals surface area contributed by atoms with Crippen LogP contribution in [0.5, 0.6) is 0 Å². The Labute approximate surface area is 167 Å². The molecule has 0 saturated carbocycles. The zero-order valence-electron chi connectivity index (χ0n) is 16.6. The van der Waals surface area contributed by atoms with Crippen LogP contribution in [0.3, 0.4) is 0 Å². The number of likely N-dealkylation sites (tertiary alicyclic amines) is 1. The molecule has 2 aliphatic heterocycles. The fraction of sp³-hybridized carbons (Fsp3) is 0.500. The summed E-state index contributed by atoms with van der Waals surface area (Å²) in [5.41, 5.74) is 1.73. The SMILES string of the molecule is CCC1CCCCN1C(=O)c1ccc(N2CCN(c3ccccc3)CC2)nn1. The second-order valence-corrected chi connectivity index (χ2v) is 7.64. The van der Waals surface area contributed by atoms with E-state index in [-0.39, 0.29) is 5.91 Å². The molecule has 1 aromatic carbocycles. The summed E-state index contributed by atoms with van der Waals surface area (Å²) < 4.78 is 0. The van der Waals surface area contributed by atoms with Gasteiger partial charge in [-0.1, -0.05) is 25.1 Å². The molecule has 0 bridgehead atoms. The van der Waals surface area contributed by atoms with Crippen LogP contribution in [-0.2, 0) is 0 Å². The first-order valence-electron chi connectivity index (χ1n) is 10.5. The van der Waals surface area contributed by atoms with Gasteiger partial charge in [0.15, 0.2) is 11.5 Å². The third-order valence-corrected chi connectivity index (χ3v) is 5.95. The molecule has 1 unspecified atom stereocenters. The van der Waals surface area contributed by atoms with Gasteiger partial charge in [-0.25, -0.2) is 0 Å². The summed E-state index contributed by atoms with van der Waals surface area (Å²) >= 11 is 0. The zero-order chi connectivity index (χ0) is 19.3. The molecule has 2 fully saturated rings. The molecule has 28 heavy (non-hydrogen) atoms. The van der Waals surface area contributed by atoms with Crippen molar-refractivity contribution >= 4 is 17.4 Å². The molecular weight excluding hydrogens is 350 g/mol. The Morgan fingerprint density at radius 1 is 0.929 bits per heavy atom. The number of hydrogen-bond donors (Lipinski definition) is 0. The molecule has 3 heterocycles. The maximum Gasteiger partial charge on any atom is 0.274 e. The van der Waals surface area contributed by atoms with Crippen LogP contribution >= 0.6 is 0 Å². The molecule has 0 aliphatic carbocycles. The number of carbonyl (C=O) groups is 1. The summed E-state index contributed by atoms with van der Waals surface area (Å²) in [5, 5.41) is 8.66. The molecule has 4 rings (SSSR count). The quantitative estimate of drug-likeness (QED) is 0.816. The van der Waals surface area contributed by atoms with E-state index in [0.29, 0.717) is 11.7 Å². The van der Waals surface area contributed by atoms with Crippen molar-refractivity contribution in [2.45, 2.75) is 38.6 Å². The van der Waals surface area contributed by atoms with Crippen LogP contribution in [0, 0.1) is 0 Å². The highest BCUT2D eigenvalue weighted by Crippen LogP contribution is 2.22. The normalized spacial score (nSPS) is 20.3. The van der Waals surface area contributed by atoms with Gasteiger partial charge in [-0.3, -0.25) is 4.79 Å². The number of amides is 1. The van der Waals surface area contributed by atoms with E-state index in [1.165, 1.54) is 12.1 Å². The Hall–Kier alpha value is -2.63. The predicted octanol–water partition coefficient (Wildman–Crippen LogP) is 3.21. The number of piperidine rings is 1. The van der Waals surface area contributed by atoms with Gasteiger partial charge in [-0.15, -0.1) is 10.2 Å². The fourth-order valence-electron chi connectivity index (χ4n) is 4.28. The van der Waals surface area contributed by atoms with Crippen LogP contribution < -0.4 is 9.80 Å². The number of piperazine rings is 1. The molecule has 6 heteroatoms. The van der Waals surface area contributed by atoms with E-state index in [2.05, 4.69) is 51.2 Å². The zero-order valence-corrected chi connectivity index (χ0v) is 16.6. The smallest absolute Gasteiger partial charge is 0.274 e. The predicted molar refractivity (Wildman–Crippen MR) is 112 cm³/mol. The standard InChI is InChI=1S/C22H29N5O/c1-2-18-8-6-7-13-27(18)22(28)20-11-12-21(24-23-20)26-16-14-25(15-17-26)19-9-4-3-5-10-19/h3-5,9-12,18H,2,6-8,13-17H2,1H3. The molecule has 0 N–H and O–H groups in total. The van der Waals surface area contributed by atoms with Gasteiger partial charge in [-0.2, -0.15) is 0 Å². The van der Waals surface area contributed by atoms with Gasteiger partial charge in [0, 0.05) is 44.5 Å². The minimum absolute atomic E-state index is 0.0273. The maximum atomic E-state index is 12.9. The molecule has 1 amide bonds. The van der Waals surface area contributed by atoms with E-state index in [0.717, 1.165) is 57.8 Å². The minimum atomic E-state index is 0.0273. The van der Waals surface area contributed by atoms with E-state index in [9.17, 15) is 4.79 Å².